The van der Waals surface area contributed by atoms with Gasteiger partial charge in [0.15, 0.2) is 0 Å². The highest BCUT2D eigenvalue weighted by Gasteiger charge is 2.54. The molecule has 2 saturated heterocycles. The molecule has 0 unspecified atom stereocenters. The number of piperidine rings is 1. The van der Waals surface area contributed by atoms with Gasteiger partial charge in [0, 0.05) is 30.9 Å². The monoisotopic (exact) mass is 520 g/mol. The standard InChI is InChI=1S/C30H40N4O4/c1-4-5-19-38-26-13-11-24(12-14-26)28(36)32-17-15-30(16-18-32)29(37)33(21-27(35)31-20-23(2)3)22-34(30)25-9-7-6-8-10-25/h6-14,23H,4-5,15-22H2,1-3H3,(H,31,35). The zero-order chi connectivity index (χ0) is 27.1. The highest BCUT2D eigenvalue weighted by atomic mass is 16.5. The van der Waals surface area contributed by atoms with E-state index in [9.17, 15) is 14.4 Å². The molecule has 0 bridgehead atoms. The fourth-order valence-corrected chi connectivity index (χ4v) is 5.16. The minimum atomic E-state index is -0.770. The summed E-state index contributed by atoms with van der Waals surface area (Å²) in [7, 11) is 0. The summed E-state index contributed by atoms with van der Waals surface area (Å²) in [6, 6.07) is 17.2. The number of nitrogens with zero attached hydrogens (tertiary/aromatic N) is 3. The molecule has 8 heteroatoms. The molecule has 1 spiro atoms. The lowest BCUT2D eigenvalue weighted by Gasteiger charge is -2.43. The number of nitrogens with one attached hydrogen (secondary N) is 1. The van der Waals surface area contributed by atoms with Gasteiger partial charge in [0.05, 0.1) is 13.3 Å². The second-order valence-corrected chi connectivity index (χ2v) is 10.7. The van der Waals surface area contributed by atoms with E-state index in [-0.39, 0.29) is 24.3 Å². The molecule has 2 aliphatic heterocycles. The fraction of sp³-hybridized carbons (Fsp3) is 0.500. The van der Waals surface area contributed by atoms with Crippen molar-refractivity contribution in [2.24, 2.45) is 5.92 Å². The number of anilines is 1. The van der Waals surface area contributed by atoms with Crippen LogP contribution in [0.2, 0.25) is 0 Å². The number of ether oxygens (including phenoxy) is 1. The number of rotatable bonds is 10. The Labute approximate surface area is 225 Å². The van der Waals surface area contributed by atoms with Gasteiger partial charge in [0.25, 0.3) is 11.8 Å². The summed E-state index contributed by atoms with van der Waals surface area (Å²) in [4.78, 5) is 45.3. The summed E-state index contributed by atoms with van der Waals surface area (Å²) in [6.45, 7) is 8.77. The Balaban J connectivity index is 1.45. The van der Waals surface area contributed by atoms with E-state index < -0.39 is 5.54 Å². The molecule has 2 aromatic carbocycles. The SMILES string of the molecule is CCCCOc1ccc(C(=O)N2CCC3(CC2)C(=O)N(CC(=O)NCC(C)C)CN3c2ccccc2)cc1. The molecular weight excluding hydrogens is 480 g/mol. The molecule has 204 valence electrons. The number of carbonyl (C=O) groups excluding carboxylic acids is 3. The van der Waals surface area contributed by atoms with Crippen LogP contribution in [0.1, 0.15) is 56.8 Å². The average Bonchev–Trinajstić information content (AvgIpc) is 3.19. The molecule has 2 heterocycles. The van der Waals surface area contributed by atoms with Gasteiger partial charge in [-0.3, -0.25) is 14.4 Å². The molecule has 38 heavy (non-hydrogen) atoms. The second-order valence-electron chi connectivity index (χ2n) is 10.7. The van der Waals surface area contributed by atoms with E-state index in [2.05, 4.69) is 17.1 Å². The maximum atomic E-state index is 13.8. The Morgan fingerprint density at radius 3 is 2.34 bits per heavy atom. The van der Waals surface area contributed by atoms with Crippen LogP contribution in [0.3, 0.4) is 0 Å². The van der Waals surface area contributed by atoms with Crippen molar-refractivity contribution < 1.29 is 19.1 Å². The smallest absolute Gasteiger partial charge is 0.253 e. The van der Waals surface area contributed by atoms with Crippen LogP contribution in [0.15, 0.2) is 54.6 Å². The number of hydrogen-bond acceptors (Lipinski definition) is 5. The van der Waals surface area contributed by atoms with Crippen LogP contribution < -0.4 is 15.0 Å². The van der Waals surface area contributed by atoms with Crippen LogP contribution in [0.25, 0.3) is 0 Å². The number of likely N-dealkylation sites (tertiary alicyclic amines) is 1. The van der Waals surface area contributed by atoms with Crippen molar-refractivity contribution in [2.45, 2.75) is 52.0 Å². The lowest BCUT2D eigenvalue weighted by atomic mass is 9.85. The molecule has 2 fully saturated rings. The van der Waals surface area contributed by atoms with Crippen molar-refractivity contribution in [3.63, 3.8) is 0 Å². The first-order valence-electron chi connectivity index (χ1n) is 13.7. The van der Waals surface area contributed by atoms with E-state index in [1.54, 1.807) is 4.90 Å². The van der Waals surface area contributed by atoms with Crippen molar-refractivity contribution in [1.29, 1.82) is 0 Å². The summed E-state index contributed by atoms with van der Waals surface area (Å²) in [6.07, 6.45) is 3.08. The van der Waals surface area contributed by atoms with Crippen LogP contribution in [0.4, 0.5) is 5.69 Å². The van der Waals surface area contributed by atoms with E-state index in [1.807, 2.05) is 73.3 Å². The fourth-order valence-electron chi connectivity index (χ4n) is 5.16. The molecule has 1 N–H and O–H groups in total. The predicted molar refractivity (Wildman–Crippen MR) is 148 cm³/mol. The van der Waals surface area contributed by atoms with Crippen LogP contribution in [0.5, 0.6) is 5.75 Å². The molecule has 0 atom stereocenters. The molecule has 0 saturated carbocycles. The van der Waals surface area contributed by atoms with Gasteiger partial charge in [-0.2, -0.15) is 0 Å². The number of para-hydroxylation sites is 1. The highest BCUT2D eigenvalue weighted by molar-refractivity contribution is 5.97. The second kappa shape index (κ2) is 12.3. The van der Waals surface area contributed by atoms with Gasteiger partial charge in [0.1, 0.15) is 17.8 Å². The van der Waals surface area contributed by atoms with Gasteiger partial charge < -0.3 is 24.8 Å². The Kier molecular flexibility index (Phi) is 8.92. The van der Waals surface area contributed by atoms with Gasteiger partial charge in [-0.1, -0.05) is 45.4 Å². The number of unbranched alkanes of at least 4 members (excludes halogenated alkanes) is 1. The minimum Gasteiger partial charge on any atom is -0.494 e. The zero-order valence-electron chi connectivity index (χ0n) is 22.8. The third-order valence-corrected chi connectivity index (χ3v) is 7.37. The van der Waals surface area contributed by atoms with Gasteiger partial charge in [-0.05, 0) is 61.6 Å². The van der Waals surface area contributed by atoms with Crippen molar-refractivity contribution >= 4 is 23.4 Å². The first-order chi connectivity index (χ1) is 18.3. The lowest BCUT2D eigenvalue weighted by molar-refractivity contribution is -0.137. The number of amides is 3. The van der Waals surface area contributed by atoms with Gasteiger partial charge in [-0.25, -0.2) is 0 Å². The first kappa shape index (κ1) is 27.5. The largest absolute Gasteiger partial charge is 0.494 e. The molecule has 2 aliphatic rings. The predicted octanol–water partition coefficient (Wildman–Crippen LogP) is 3.92. The zero-order valence-corrected chi connectivity index (χ0v) is 22.8. The first-order valence-corrected chi connectivity index (χ1v) is 13.7. The van der Waals surface area contributed by atoms with Crippen LogP contribution in [0, 0.1) is 5.92 Å². The summed E-state index contributed by atoms with van der Waals surface area (Å²) >= 11 is 0. The quantitative estimate of drug-likeness (QED) is 0.480. The van der Waals surface area contributed by atoms with E-state index in [4.69, 9.17) is 4.74 Å². The third kappa shape index (κ3) is 6.11. The summed E-state index contributed by atoms with van der Waals surface area (Å²) in [5.41, 5.74) is 0.794. The third-order valence-electron chi connectivity index (χ3n) is 7.37. The Morgan fingerprint density at radius 1 is 1.03 bits per heavy atom. The van der Waals surface area contributed by atoms with Gasteiger partial charge >= 0.3 is 0 Å². The maximum Gasteiger partial charge on any atom is 0.253 e. The summed E-state index contributed by atoms with van der Waals surface area (Å²) in [5.74, 6) is 0.877. The van der Waals surface area contributed by atoms with E-state index in [0.29, 0.717) is 57.2 Å². The number of hydrogen-bond donors (Lipinski definition) is 1. The van der Waals surface area contributed by atoms with Crippen LogP contribution >= 0.6 is 0 Å². The van der Waals surface area contributed by atoms with Crippen molar-refractivity contribution in [1.82, 2.24) is 15.1 Å². The summed E-state index contributed by atoms with van der Waals surface area (Å²) in [5, 5.41) is 2.92. The average molecular weight is 521 g/mol. The van der Waals surface area contributed by atoms with Crippen molar-refractivity contribution in [2.75, 3.05) is 44.4 Å². The van der Waals surface area contributed by atoms with Gasteiger partial charge in [-0.15, -0.1) is 0 Å². The molecule has 3 amide bonds. The Morgan fingerprint density at radius 2 is 1.71 bits per heavy atom. The molecular formula is C30H40N4O4. The molecule has 0 aliphatic carbocycles. The topological polar surface area (TPSA) is 82.2 Å². The summed E-state index contributed by atoms with van der Waals surface area (Å²) < 4.78 is 5.72. The van der Waals surface area contributed by atoms with E-state index >= 15 is 0 Å². The normalized spacial score (nSPS) is 16.8. The highest BCUT2D eigenvalue weighted by Crippen LogP contribution is 2.39. The minimum absolute atomic E-state index is 0.0337. The Bertz CT molecular complexity index is 1090. The van der Waals surface area contributed by atoms with E-state index in [1.165, 1.54) is 0 Å². The van der Waals surface area contributed by atoms with Crippen LogP contribution in [-0.4, -0.2) is 72.5 Å². The van der Waals surface area contributed by atoms with Crippen LogP contribution in [-0.2, 0) is 9.59 Å². The molecule has 0 radical (unpaired) electrons. The van der Waals surface area contributed by atoms with Gasteiger partial charge in [0.2, 0.25) is 5.91 Å². The molecule has 0 aromatic heterocycles. The lowest BCUT2D eigenvalue weighted by Crippen LogP contribution is -2.57. The maximum absolute atomic E-state index is 13.8. The Hall–Kier alpha value is -3.55. The molecule has 2 aromatic rings. The van der Waals surface area contributed by atoms with Crippen molar-refractivity contribution in [3.8, 4) is 5.75 Å². The number of benzene rings is 2. The number of carbonyl (C=O) groups is 3. The van der Waals surface area contributed by atoms with E-state index in [0.717, 1.165) is 24.3 Å². The molecule has 8 nitrogen and oxygen atoms in total. The van der Waals surface area contributed by atoms with Crippen molar-refractivity contribution in [3.05, 3.63) is 60.2 Å². The molecule has 4 rings (SSSR count).